The molecule has 0 fully saturated rings. The van der Waals surface area contributed by atoms with Gasteiger partial charge < -0.3 is 9.30 Å². The number of aryl methyl sites for hydroxylation is 1. The third kappa shape index (κ3) is 6.12. The van der Waals surface area contributed by atoms with Gasteiger partial charge >= 0.3 is 5.97 Å². The van der Waals surface area contributed by atoms with E-state index in [4.69, 9.17) is 4.74 Å². The lowest BCUT2D eigenvalue weighted by atomic mass is 10.0. The predicted molar refractivity (Wildman–Crippen MR) is 114 cm³/mol. The van der Waals surface area contributed by atoms with E-state index in [2.05, 4.69) is 24.6 Å². The first-order valence-electron chi connectivity index (χ1n) is 10.8. The van der Waals surface area contributed by atoms with E-state index in [1.165, 1.54) is 71.3 Å². The summed E-state index contributed by atoms with van der Waals surface area (Å²) in [7, 11) is 3.53. The van der Waals surface area contributed by atoms with Crippen LogP contribution in [0.5, 0.6) is 0 Å². The molecule has 0 spiro atoms. The quantitative estimate of drug-likeness (QED) is 0.286. The first-order valence-corrected chi connectivity index (χ1v) is 10.8. The topological polar surface area (TPSA) is 31.2 Å². The number of para-hydroxylation sites is 1. The van der Waals surface area contributed by atoms with Crippen molar-refractivity contribution in [1.82, 2.24) is 4.57 Å². The van der Waals surface area contributed by atoms with Crippen LogP contribution in [0.4, 0.5) is 0 Å². The van der Waals surface area contributed by atoms with Crippen molar-refractivity contribution in [3.63, 3.8) is 0 Å². The predicted octanol–water partition coefficient (Wildman–Crippen LogP) is 6.82. The molecule has 2 aromatic rings. The van der Waals surface area contributed by atoms with Crippen molar-refractivity contribution in [2.45, 2.75) is 84.0 Å². The molecule has 0 aliphatic heterocycles. The fourth-order valence-corrected chi connectivity index (χ4v) is 4.03. The smallest absolute Gasteiger partial charge is 0.340 e. The molecule has 1 aromatic carbocycles. The van der Waals surface area contributed by atoms with Crippen LogP contribution in [0.1, 0.15) is 93.6 Å². The lowest BCUT2D eigenvalue weighted by molar-refractivity contribution is 0.0601. The van der Waals surface area contributed by atoms with E-state index in [1.807, 2.05) is 18.2 Å². The number of aromatic nitrogens is 1. The van der Waals surface area contributed by atoms with Gasteiger partial charge in [-0.15, -0.1) is 0 Å². The summed E-state index contributed by atoms with van der Waals surface area (Å²) in [5.74, 6) is -0.218. The highest BCUT2D eigenvalue weighted by atomic mass is 16.5. The Bertz CT molecular complexity index is 702. The lowest BCUT2D eigenvalue weighted by Gasteiger charge is -2.07. The third-order valence-electron chi connectivity index (χ3n) is 5.63. The molecule has 0 saturated heterocycles. The first kappa shape index (κ1) is 21.5. The van der Waals surface area contributed by atoms with E-state index in [9.17, 15) is 4.79 Å². The Morgan fingerprint density at radius 1 is 0.889 bits per heavy atom. The third-order valence-corrected chi connectivity index (χ3v) is 5.63. The number of hydrogen-bond acceptors (Lipinski definition) is 2. The van der Waals surface area contributed by atoms with E-state index >= 15 is 0 Å². The van der Waals surface area contributed by atoms with E-state index in [0.29, 0.717) is 0 Å². The van der Waals surface area contributed by atoms with Crippen molar-refractivity contribution < 1.29 is 9.53 Å². The molecule has 0 saturated carbocycles. The molecule has 3 heteroatoms. The average Bonchev–Trinajstić information content (AvgIpc) is 2.98. The normalized spacial score (nSPS) is 11.2. The molecule has 3 nitrogen and oxygen atoms in total. The zero-order chi connectivity index (χ0) is 19.5. The highest BCUT2D eigenvalue weighted by Gasteiger charge is 2.20. The molecule has 0 unspecified atom stereocenters. The summed E-state index contributed by atoms with van der Waals surface area (Å²) in [6.07, 6.45) is 15.6. The van der Waals surface area contributed by atoms with E-state index in [0.717, 1.165) is 35.0 Å². The van der Waals surface area contributed by atoms with Crippen LogP contribution >= 0.6 is 0 Å². The molecular weight excluding hydrogens is 334 g/mol. The zero-order valence-corrected chi connectivity index (χ0v) is 17.6. The minimum absolute atomic E-state index is 0.218. The van der Waals surface area contributed by atoms with Crippen LogP contribution in [0.15, 0.2) is 24.3 Å². The molecule has 0 aliphatic rings. The number of ether oxygens (including phenoxy) is 1. The second kappa shape index (κ2) is 11.8. The van der Waals surface area contributed by atoms with Crippen molar-refractivity contribution in [2.24, 2.45) is 7.05 Å². The second-order valence-corrected chi connectivity index (χ2v) is 7.67. The van der Waals surface area contributed by atoms with Crippen LogP contribution in [-0.4, -0.2) is 17.6 Å². The van der Waals surface area contributed by atoms with Gasteiger partial charge in [0.15, 0.2) is 0 Å². The molecule has 1 aromatic heterocycles. The van der Waals surface area contributed by atoms with Gasteiger partial charge in [-0.3, -0.25) is 0 Å². The standard InChI is InChI=1S/C24H37NO2/c1-4-5-6-7-8-9-10-11-12-13-14-19-22-23(24(26)27-3)20-17-15-16-18-21(20)25(22)2/h15-18H,4-14,19H2,1-3H3. The minimum Gasteiger partial charge on any atom is -0.465 e. The number of carbonyl (C=O) groups is 1. The van der Waals surface area contributed by atoms with Crippen molar-refractivity contribution in [1.29, 1.82) is 0 Å². The van der Waals surface area contributed by atoms with Gasteiger partial charge in [-0.1, -0.05) is 89.3 Å². The lowest BCUT2D eigenvalue weighted by Crippen LogP contribution is -2.07. The number of unbranched alkanes of at least 4 members (excludes halogenated alkanes) is 10. The largest absolute Gasteiger partial charge is 0.465 e. The maximum atomic E-state index is 12.3. The van der Waals surface area contributed by atoms with Gasteiger partial charge in [0.05, 0.1) is 12.7 Å². The molecular formula is C24H37NO2. The molecule has 0 N–H and O–H groups in total. The summed E-state index contributed by atoms with van der Waals surface area (Å²) >= 11 is 0. The Kier molecular flexibility index (Phi) is 9.44. The molecule has 0 atom stereocenters. The number of rotatable bonds is 13. The van der Waals surface area contributed by atoms with Gasteiger partial charge in [-0.25, -0.2) is 4.79 Å². The fourth-order valence-electron chi connectivity index (χ4n) is 4.03. The van der Waals surface area contributed by atoms with Crippen LogP contribution < -0.4 is 0 Å². The van der Waals surface area contributed by atoms with Crippen LogP contribution in [-0.2, 0) is 18.2 Å². The summed E-state index contributed by atoms with van der Waals surface area (Å²) in [5, 5.41) is 1.00. The van der Waals surface area contributed by atoms with Crippen molar-refractivity contribution >= 4 is 16.9 Å². The molecule has 2 rings (SSSR count). The number of hydrogen-bond donors (Lipinski definition) is 0. The molecule has 27 heavy (non-hydrogen) atoms. The molecule has 0 radical (unpaired) electrons. The number of esters is 1. The van der Waals surface area contributed by atoms with E-state index in [-0.39, 0.29) is 5.97 Å². The number of nitrogens with zero attached hydrogens (tertiary/aromatic N) is 1. The fraction of sp³-hybridized carbons (Fsp3) is 0.625. The van der Waals surface area contributed by atoms with Crippen molar-refractivity contribution in [3.05, 3.63) is 35.5 Å². The monoisotopic (exact) mass is 371 g/mol. The van der Waals surface area contributed by atoms with Gasteiger partial charge in [-0.05, 0) is 18.9 Å². The van der Waals surface area contributed by atoms with Gasteiger partial charge in [0, 0.05) is 23.6 Å². The SMILES string of the molecule is CCCCCCCCCCCCCc1c(C(=O)OC)c2ccccc2n1C. The van der Waals surface area contributed by atoms with Crippen LogP contribution in [0.25, 0.3) is 10.9 Å². The summed E-state index contributed by atoms with van der Waals surface area (Å²) in [6.45, 7) is 2.27. The average molecular weight is 372 g/mol. The Hall–Kier alpha value is -1.77. The van der Waals surface area contributed by atoms with Crippen molar-refractivity contribution in [3.8, 4) is 0 Å². The summed E-state index contributed by atoms with van der Waals surface area (Å²) in [5.41, 5.74) is 2.97. The van der Waals surface area contributed by atoms with Gasteiger partial charge in [0.1, 0.15) is 0 Å². The molecule has 0 aliphatic carbocycles. The molecule has 150 valence electrons. The minimum atomic E-state index is -0.218. The van der Waals surface area contributed by atoms with Gasteiger partial charge in [0.25, 0.3) is 0 Å². The van der Waals surface area contributed by atoms with Crippen molar-refractivity contribution in [2.75, 3.05) is 7.11 Å². The number of carbonyl (C=O) groups excluding carboxylic acids is 1. The Morgan fingerprint density at radius 3 is 2.04 bits per heavy atom. The first-order chi connectivity index (χ1) is 13.2. The Balaban J connectivity index is 1.77. The molecule has 0 amide bonds. The zero-order valence-electron chi connectivity index (χ0n) is 17.6. The number of benzene rings is 1. The van der Waals surface area contributed by atoms with Crippen LogP contribution in [0.2, 0.25) is 0 Å². The van der Waals surface area contributed by atoms with Crippen LogP contribution in [0.3, 0.4) is 0 Å². The van der Waals surface area contributed by atoms with Gasteiger partial charge in [0.2, 0.25) is 0 Å². The summed E-state index contributed by atoms with van der Waals surface area (Å²) < 4.78 is 7.22. The van der Waals surface area contributed by atoms with Gasteiger partial charge in [-0.2, -0.15) is 0 Å². The highest BCUT2D eigenvalue weighted by Crippen LogP contribution is 2.27. The Labute approximate surface area is 165 Å². The molecule has 1 heterocycles. The second-order valence-electron chi connectivity index (χ2n) is 7.67. The number of fused-ring (bicyclic) bond motifs is 1. The Morgan fingerprint density at radius 2 is 1.44 bits per heavy atom. The summed E-state index contributed by atoms with van der Waals surface area (Å²) in [6, 6.07) is 8.10. The van der Waals surface area contributed by atoms with E-state index < -0.39 is 0 Å². The molecule has 0 bridgehead atoms. The maximum absolute atomic E-state index is 12.3. The highest BCUT2D eigenvalue weighted by molar-refractivity contribution is 6.05. The summed E-state index contributed by atoms with van der Waals surface area (Å²) in [4.78, 5) is 12.3. The van der Waals surface area contributed by atoms with E-state index in [1.54, 1.807) is 0 Å². The number of methoxy groups -OCH3 is 1. The maximum Gasteiger partial charge on any atom is 0.340 e. The van der Waals surface area contributed by atoms with Crippen LogP contribution in [0, 0.1) is 0 Å².